The average molecular weight is 454 g/mol. The second kappa shape index (κ2) is 9.12. The van der Waals surface area contributed by atoms with Crippen molar-refractivity contribution >= 4 is 27.4 Å². The van der Waals surface area contributed by atoms with Gasteiger partial charge < -0.3 is 4.90 Å². The molecule has 5 rings (SSSR count). The molecule has 0 bridgehead atoms. The van der Waals surface area contributed by atoms with Crippen molar-refractivity contribution in [3.05, 3.63) is 113 Å². The van der Waals surface area contributed by atoms with Crippen LogP contribution >= 0.6 is 11.3 Å². The highest BCUT2D eigenvalue weighted by Gasteiger charge is 2.22. The van der Waals surface area contributed by atoms with Crippen LogP contribution in [0.5, 0.6) is 0 Å². The summed E-state index contributed by atoms with van der Waals surface area (Å²) in [4.78, 5) is 14.2. The highest BCUT2D eigenvalue weighted by atomic mass is 32.1. The fourth-order valence-electron chi connectivity index (χ4n) is 4.20. The van der Waals surface area contributed by atoms with Crippen LogP contribution in [0.1, 0.15) is 21.8 Å². The molecule has 0 fully saturated rings. The molecule has 3 nitrogen and oxygen atoms in total. The quantitative estimate of drug-likeness (QED) is 0.270. The van der Waals surface area contributed by atoms with Crippen LogP contribution in [-0.4, -0.2) is 9.97 Å². The van der Waals surface area contributed by atoms with Gasteiger partial charge >= 0.3 is 0 Å². The topological polar surface area (TPSA) is 29.0 Å². The number of hydrogen-bond acceptors (Lipinski definition) is 4. The van der Waals surface area contributed by atoms with Crippen molar-refractivity contribution in [2.45, 2.75) is 26.9 Å². The lowest BCUT2D eigenvalue weighted by atomic mass is 10.0. The third kappa shape index (κ3) is 4.50. The monoisotopic (exact) mass is 453 g/mol. The number of rotatable bonds is 6. The van der Waals surface area contributed by atoms with E-state index in [2.05, 4.69) is 60.4 Å². The first-order valence-corrected chi connectivity index (χ1v) is 11.8. The average Bonchev–Trinajstić information content (AvgIpc) is 3.15. The molecular weight excluding hydrogens is 429 g/mol. The molecule has 0 aliphatic carbocycles. The molecule has 3 aromatic carbocycles. The molecule has 5 aromatic rings. The van der Waals surface area contributed by atoms with Crippen molar-refractivity contribution < 1.29 is 4.39 Å². The van der Waals surface area contributed by atoms with Gasteiger partial charge in [0.15, 0.2) is 0 Å². The summed E-state index contributed by atoms with van der Waals surface area (Å²) in [7, 11) is 0. The second-order valence-electron chi connectivity index (χ2n) is 8.14. The van der Waals surface area contributed by atoms with Gasteiger partial charge in [0, 0.05) is 23.5 Å². The van der Waals surface area contributed by atoms with Gasteiger partial charge in [0.05, 0.1) is 5.39 Å². The molecular formula is C28H24FN3S. The lowest BCUT2D eigenvalue weighted by Crippen LogP contribution is -2.24. The van der Waals surface area contributed by atoms with E-state index in [0.717, 1.165) is 51.0 Å². The predicted molar refractivity (Wildman–Crippen MR) is 135 cm³/mol. The van der Waals surface area contributed by atoms with Gasteiger partial charge in [-0.05, 0) is 42.7 Å². The Morgan fingerprint density at radius 2 is 1.33 bits per heavy atom. The summed E-state index contributed by atoms with van der Waals surface area (Å²) in [5, 5.41) is 1.03. The highest BCUT2D eigenvalue weighted by Crippen LogP contribution is 2.42. The third-order valence-electron chi connectivity index (χ3n) is 5.69. The first kappa shape index (κ1) is 21.3. The number of thiophene rings is 1. The molecule has 164 valence electrons. The van der Waals surface area contributed by atoms with E-state index in [1.54, 1.807) is 11.3 Å². The third-order valence-corrected chi connectivity index (χ3v) is 6.68. The van der Waals surface area contributed by atoms with Gasteiger partial charge in [-0.1, -0.05) is 72.8 Å². The minimum absolute atomic E-state index is 0.238. The van der Waals surface area contributed by atoms with Crippen molar-refractivity contribution in [1.29, 1.82) is 0 Å². The molecule has 0 aliphatic heterocycles. The van der Waals surface area contributed by atoms with Gasteiger partial charge in [0.1, 0.15) is 22.3 Å². The zero-order valence-corrected chi connectivity index (χ0v) is 19.4. The standard InChI is InChI=1S/C28H24FN3S/c1-19-25(23-13-15-24(29)16-14-23)26-27(30-20(2)31-28(26)33-19)32(17-21-9-5-3-6-10-21)18-22-11-7-4-8-12-22/h3-16H,17-18H2,1-2H3. The van der Waals surface area contributed by atoms with Crippen molar-refractivity contribution in [3.63, 3.8) is 0 Å². The molecule has 33 heavy (non-hydrogen) atoms. The first-order chi connectivity index (χ1) is 16.1. The van der Waals surface area contributed by atoms with Crippen molar-refractivity contribution in [2.24, 2.45) is 0 Å². The number of benzene rings is 3. The number of aromatic nitrogens is 2. The lowest BCUT2D eigenvalue weighted by Gasteiger charge is -2.26. The maximum atomic E-state index is 13.7. The fraction of sp³-hybridized carbons (Fsp3) is 0.143. The van der Waals surface area contributed by atoms with Gasteiger partial charge in [-0.15, -0.1) is 11.3 Å². The number of halogens is 1. The normalized spacial score (nSPS) is 11.1. The van der Waals surface area contributed by atoms with Gasteiger partial charge in [-0.25, -0.2) is 14.4 Å². The second-order valence-corrected chi connectivity index (χ2v) is 9.35. The Morgan fingerprint density at radius 3 is 1.91 bits per heavy atom. The summed E-state index contributed by atoms with van der Waals surface area (Å²) >= 11 is 1.66. The number of hydrogen-bond donors (Lipinski definition) is 0. The maximum absolute atomic E-state index is 13.7. The van der Waals surface area contributed by atoms with Crippen LogP contribution in [0.25, 0.3) is 21.3 Å². The van der Waals surface area contributed by atoms with Crippen molar-refractivity contribution in [1.82, 2.24) is 9.97 Å². The van der Waals surface area contributed by atoms with E-state index in [1.165, 1.54) is 23.3 Å². The van der Waals surface area contributed by atoms with Gasteiger partial charge in [0.2, 0.25) is 0 Å². The Bertz CT molecular complexity index is 1340. The van der Waals surface area contributed by atoms with E-state index < -0.39 is 0 Å². The highest BCUT2D eigenvalue weighted by molar-refractivity contribution is 7.19. The van der Waals surface area contributed by atoms with Crippen LogP contribution in [0.3, 0.4) is 0 Å². The van der Waals surface area contributed by atoms with Crippen LogP contribution in [-0.2, 0) is 13.1 Å². The molecule has 5 heteroatoms. The largest absolute Gasteiger partial charge is 0.347 e. The summed E-state index contributed by atoms with van der Waals surface area (Å²) in [5.74, 6) is 1.42. The molecule has 0 atom stereocenters. The minimum atomic E-state index is -0.238. The van der Waals surface area contributed by atoms with E-state index in [1.807, 2.05) is 31.2 Å². The maximum Gasteiger partial charge on any atom is 0.142 e. The van der Waals surface area contributed by atoms with Gasteiger partial charge in [-0.3, -0.25) is 0 Å². The lowest BCUT2D eigenvalue weighted by molar-refractivity contribution is 0.628. The Kier molecular flexibility index (Phi) is 5.88. The summed E-state index contributed by atoms with van der Waals surface area (Å²) < 4.78 is 13.7. The first-order valence-electron chi connectivity index (χ1n) is 10.9. The minimum Gasteiger partial charge on any atom is -0.347 e. The Labute approximate surface area is 197 Å². The molecule has 0 radical (unpaired) electrons. The smallest absolute Gasteiger partial charge is 0.142 e. The summed E-state index contributed by atoms with van der Waals surface area (Å²) in [6.45, 7) is 5.49. The van der Waals surface area contributed by atoms with E-state index in [4.69, 9.17) is 9.97 Å². The van der Waals surface area contributed by atoms with Crippen molar-refractivity contribution in [3.8, 4) is 11.1 Å². The van der Waals surface area contributed by atoms with E-state index in [9.17, 15) is 4.39 Å². The van der Waals surface area contributed by atoms with E-state index >= 15 is 0 Å². The summed E-state index contributed by atoms with van der Waals surface area (Å²) in [6.07, 6.45) is 0. The van der Waals surface area contributed by atoms with Crippen LogP contribution in [0, 0.1) is 19.7 Å². The molecule has 0 saturated carbocycles. The predicted octanol–water partition coefficient (Wildman–Crippen LogP) is 7.32. The zero-order valence-electron chi connectivity index (χ0n) is 18.6. The van der Waals surface area contributed by atoms with Crippen LogP contribution in [0.2, 0.25) is 0 Å². The molecule has 0 aliphatic rings. The fourth-order valence-corrected chi connectivity index (χ4v) is 5.29. The zero-order chi connectivity index (χ0) is 22.8. The molecule has 2 aromatic heterocycles. The summed E-state index contributed by atoms with van der Waals surface area (Å²) in [6, 6.07) is 27.6. The SMILES string of the molecule is Cc1nc(N(Cc2ccccc2)Cc2ccccc2)c2c(-c3ccc(F)cc3)c(C)sc2n1. The Hall–Kier alpha value is -3.57. The molecule has 0 amide bonds. The van der Waals surface area contributed by atoms with Gasteiger partial charge in [-0.2, -0.15) is 0 Å². The van der Waals surface area contributed by atoms with Crippen LogP contribution in [0.4, 0.5) is 10.2 Å². The van der Waals surface area contributed by atoms with Crippen molar-refractivity contribution in [2.75, 3.05) is 4.90 Å². The van der Waals surface area contributed by atoms with Gasteiger partial charge in [0.25, 0.3) is 0 Å². The molecule has 0 spiro atoms. The number of anilines is 1. The molecule has 0 unspecified atom stereocenters. The molecule has 0 saturated heterocycles. The van der Waals surface area contributed by atoms with E-state index in [-0.39, 0.29) is 5.82 Å². The van der Waals surface area contributed by atoms with Crippen LogP contribution in [0.15, 0.2) is 84.9 Å². The summed E-state index contributed by atoms with van der Waals surface area (Å²) in [5.41, 5.74) is 4.49. The van der Waals surface area contributed by atoms with Crippen LogP contribution < -0.4 is 4.90 Å². The number of fused-ring (bicyclic) bond motifs is 1. The molecule has 0 N–H and O–H groups in total. The Morgan fingerprint density at radius 1 is 0.758 bits per heavy atom. The number of aryl methyl sites for hydroxylation is 2. The number of nitrogens with zero attached hydrogens (tertiary/aromatic N) is 3. The van der Waals surface area contributed by atoms with E-state index in [0.29, 0.717) is 0 Å². The molecule has 2 heterocycles. The Balaban J connectivity index is 1.70.